The first-order chi connectivity index (χ1) is 9.44. The minimum Gasteiger partial charge on any atom is -0.496 e. The van der Waals surface area contributed by atoms with Crippen molar-refractivity contribution < 1.29 is 24.1 Å². The molecule has 0 saturated carbocycles. The van der Waals surface area contributed by atoms with Gasteiger partial charge in [-0.25, -0.2) is 0 Å². The van der Waals surface area contributed by atoms with Crippen LogP contribution in [-0.4, -0.2) is 38.4 Å². The third-order valence-corrected chi connectivity index (χ3v) is 2.79. The minimum atomic E-state index is -0.982. The van der Waals surface area contributed by atoms with Crippen LogP contribution in [0, 0.1) is 0 Å². The van der Waals surface area contributed by atoms with E-state index < -0.39 is 12.0 Å². The molecule has 0 amide bonds. The third kappa shape index (κ3) is 3.54. The van der Waals surface area contributed by atoms with Crippen LogP contribution in [0.1, 0.15) is 25.5 Å². The lowest BCUT2D eigenvalue weighted by atomic mass is 10.0. The lowest BCUT2D eigenvalue weighted by Crippen LogP contribution is -2.33. The lowest BCUT2D eigenvalue weighted by Gasteiger charge is -2.21. The summed E-state index contributed by atoms with van der Waals surface area (Å²) in [6, 6.07) is 2.36. The van der Waals surface area contributed by atoms with E-state index in [9.17, 15) is 9.90 Å². The number of carbonyl (C=O) groups is 1. The van der Waals surface area contributed by atoms with Gasteiger partial charge in [-0.1, -0.05) is 0 Å². The number of carboxylic acid groups (broad SMARTS) is 1. The van der Waals surface area contributed by atoms with Gasteiger partial charge in [0.1, 0.15) is 11.8 Å². The number of carboxylic acids is 1. The second-order valence-electron chi connectivity index (χ2n) is 4.54. The molecule has 0 radical (unpaired) electrons. The van der Waals surface area contributed by atoms with E-state index in [0.29, 0.717) is 22.8 Å². The van der Waals surface area contributed by atoms with Gasteiger partial charge in [-0.05, 0) is 19.9 Å². The fourth-order valence-corrected chi connectivity index (χ4v) is 1.91. The molecule has 1 rings (SSSR count). The summed E-state index contributed by atoms with van der Waals surface area (Å²) in [5.41, 5.74) is 0.492. The summed E-state index contributed by atoms with van der Waals surface area (Å²) in [5.74, 6) is 0.398. The molecule has 0 fully saturated rings. The highest BCUT2D eigenvalue weighted by atomic mass is 16.5. The number of nitrogens with one attached hydrogen (secondary N) is 1. The van der Waals surface area contributed by atoms with Crippen LogP contribution in [0.25, 0.3) is 0 Å². The fraction of sp³-hybridized carbons (Fsp3) is 0.500. The van der Waals surface area contributed by atoms with Crippen molar-refractivity contribution >= 4 is 5.97 Å². The van der Waals surface area contributed by atoms with E-state index in [1.165, 1.54) is 21.3 Å². The summed E-state index contributed by atoms with van der Waals surface area (Å²) in [6.45, 7) is 3.76. The van der Waals surface area contributed by atoms with Crippen molar-refractivity contribution in [3.63, 3.8) is 0 Å². The molecule has 0 aliphatic carbocycles. The number of hydrogen-bond donors (Lipinski definition) is 2. The molecular weight excluding hydrogens is 262 g/mol. The molecule has 0 heterocycles. The Hall–Kier alpha value is -1.95. The van der Waals surface area contributed by atoms with Gasteiger partial charge >= 0.3 is 5.97 Å². The largest absolute Gasteiger partial charge is 0.496 e. The molecule has 1 atom stereocenters. The van der Waals surface area contributed by atoms with Gasteiger partial charge < -0.3 is 19.3 Å². The first-order valence-electron chi connectivity index (χ1n) is 6.23. The number of methoxy groups -OCH3 is 3. The molecule has 0 bridgehead atoms. The van der Waals surface area contributed by atoms with Gasteiger partial charge in [0.15, 0.2) is 11.5 Å². The van der Waals surface area contributed by atoms with Gasteiger partial charge in [0.25, 0.3) is 0 Å². The zero-order chi connectivity index (χ0) is 15.3. The zero-order valence-corrected chi connectivity index (χ0v) is 12.4. The summed E-state index contributed by atoms with van der Waals surface area (Å²) < 4.78 is 15.7. The van der Waals surface area contributed by atoms with Crippen molar-refractivity contribution in [3.8, 4) is 17.2 Å². The first kappa shape index (κ1) is 16.1. The standard InChI is InChI=1S/C14H21NO5/c1-8(2)15-13(14(16)17)9-6-11(19-4)12(20-5)7-10(9)18-3/h6-8,13,15H,1-5H3,(H,16,17). The number of hydrogen-bond acceptors (Lipinski definition) is 5. The van der Waals surface area contributed by atoms with Crippen LogP contribution < -0.4 is 19.5 Å². The van der Waals surface area contributed by atoms with Crippen LogP contribution in [0.3, 0.4) is 0 Å². The third-order valence-electron chi connectivity index (χ3n) is 2.79. The summed E-state index contributed by atoms with van der Waals surface area (Å²) in [6.07, 6.45) is 0. The van der Waals surface area contributed by atoms with Gasteiger partial charge in [0.2, 0.25) is 0 Å². The van der Waals surface area contributed by atoms with Gasteiger partial charge in [-0.3, -0.25) is 10.1 Å². The Bertz CT molecular complexity index is 473. The Kier molecular flexibility index (Phi) is 5.64. The molecule has 0 aliphatic heterocycles. The van der Waals surface area contributed by atoms with Crippen LogP contribution >= 0.6 is 0 Å². The van der Waals surface area contributed by atoms with Crippen molar-refractivity contribution in [1.82, 2.24) is 5.32 Å². The molecule has 20 heavy (non-hydrogen) atoms. The molecule has 0 saturated heterocycles. The van der Waals surface area contributed by atoms with Crippen molar-refractivity contribution in [3.05, 3.63) is 17.7 Å². The van der Waals surface area contributed by atoms with Gasteiger partial charge in [0, 0.05) is 17.7 Å². The molecule has 1 aromatic rings. The average molecular weight is 283 g/mol. The molecule has 0 aromatic heterocycles. The fourth-order valence-electron chi connectivity index (χ4n) is 1.91. The topological polar surface area (TPSA) is 77.0 Å². The van der Waals surface area contributed by atoms with E-state index in [0.717, 1.165) is 0 Å². The highest BCUT2D eigenvalue weighted by molar-refractivity contribution is 5.77. The van der Waals surface area contributed by atoms with E-state index in [2.05, 4.69) is 5.32 Å². The Morgan fingerprint density at radius 3 is 1.95 bits per heavy atom. The van der Waals surface area contributed by atoms with Crippen LogP contribution in [0.15, 0.2) is 12.1 Å². The first-order valence-corrected chi connectivity index (χ1v) is 6.23. The maximum absolute atomic E-state index is 11.5. The summed E-state index contributed by atoms with van der Waals surface area (Å²) in [5, 5.41) is 12.4. The molecule has 112 valence electrons. The van der Waals surface area contributed by atoms with Crippen LogP contribution in [-0.2, 0) is 4.79 Å². The molecule has 0 spiro atoms. The molecule has 1 unspecified atom stereocenters. The number of ether oxygens (including phenoxy) is 3. The molecule has 6 nitrogen and oxygen atoms in total. The van der Waals surface area contributed by atoms with E-state index >= 15 is 0 Å². The second kappa shape index (κ2) is 7.00. The van der Waals surface area contributed by atoms with Crippen molar-refractivity contribution in [2.45, 2.75) is 25.9 Å². The zero-order valence-electron chi connectivity index (χ0n) is 12.4. The average Bonchev–Trinajstić information content (AvgIpc) is 2.42. The molecule has 6 heteroatoms. The maximum Gasteiger partial charge on any atom is 0.325 e. The summed E-state index contributed by atoms with van der Waals surface area (Å²) in [7, 11) is 4.50. The van der Waals surface area contributed by atoms with Gasteiger partial charge in [-0.15, -0.1) is 0 Å². The Balaban J connectivity index is 3.35. The van der Waals surface area contributed by atoms with E-state index in [4.69, 9.17) is 14.2 Å². The number of rotatable bonds is 7. The molecular formula is C14H21NO5. The smallest absolute Gasteiger partial charge is 0.325 e. The normalized spacial score (nSPS) is 12.1. The number of benzene rings is 1. The Morgan fingerprint density at radius 2 is 1.55 bits per heavy atom. The highest BCUT2D eigenvalue weighted by Gasteiger charge is 2.26. The maximum atomic E-state index is 11.5. The molecule has 0 aliphatic rings. The summed E-state index contributed by atoms with van der Waals surface area (Å²) in [4.78, 5) is 11.5. The van der Waals surface area contributed by atoms with Crippen LogP contribution in [0.2, 0.25) is 0 Å². The Morgan fingerprint density at radius 1 is 1.05 bits per heavy atom. The van der Waals surface area contributed by atoms with Crippen LogP contribution in [0.5, 0.6) is 17.2 Å². The predicted octanol–water partition coefficient (Wildman–Crippen LogP) is 1.84. The summed E-state index contributed by atoms with van der Waals surface area (Å²) >= 11 is 0. The van der Waals surface area contributed by atoms with Crippen molar-refractivity contribution in [2.24, 2.45) is 0 Å². The van der Waals surface area contributed by atoms with Gasteiger partial charge in [-0.2, -0.15) is 0 Å². The van der Waals surface area contributed by atoms with E-state index in [1.807, 2.05) is 13.8 Å². The van der Waals surface area contributed by atoms with E-state index in [1.54, 1.807) is 12.1 Å². The lowest BCUT2D eigenvalue weighted by molar-refractivity contribution is -0.139. The second-order valence-corrected chi connectivity index (χ2v) is 4.54. The highest BCUT2D eigenvalue weighted by Crippen LogP contribution is 2.37. The SMILES string of the molecule is COc1cc(OC)c(C(NC(C)C)C(=O)O)cc1OC. The molecule has 2 N–H and O–H groups in total. The predicted molar refractivity (Wildman–Crippen MR) is 74.7 cm³/mol. The number of aliphatic carboxylic acids is 1. The van der Waals surface area contributed by atoms with Crippen molar-refractivity contribution in [2.75, 3.05) is 21.3 Å². The van der Waals surface area contributed by atoms with Gasteiger partial charge in [0.05, 0.1) is 21.3 Å². The van der Waals surface area contributed by atoms with E-state index in [-0.39, 0.29) is 6.04 Å². The Labute approximate surface area is 118 Å². The minimum absolute atomic E-state index is 0.00824. The van der Waals surface area contributed by atoms with Crippen LogP contribution in [0.4, 0.5) is 0 Å². The quantitative estimate of drug-likeness (QED) is 0.795. The monoisotopic (exact) mass is 283 g/mol. The molecule has 1 aromatic carbocycles. The van der Waals surface area contributed by atoms with Crippen molar-refractivity contribution in [1.29, 1.82) is 0 Å².